The zero-order chi connectivity index (χ0) is 14.2. The molecule has 0 aromatic heterocycles. The van der Waals surface area contributed by atoms with Gasteiger partial charge in [0.1, 0.15) is 0 Å². The van der Waals surface area contributed by atoms with E-state index < -0.39 is 0 Å². The second-order valence-corrected chi connectivity index (χ2v) is 5.84. The fourth-order valence-electron chi connectivity index (χ4n) is 1.61. The molecule has 0 rings (SSSR count). The number of carbonyl (C=O) groups is 1. The number of carbonyl (C=O) groups excluding carboxylic acids is 1. The minimum atomic E-state index is -0.344. The Labute approximate surface area is 116 Å². The first-order valence-electron chi connectivity index (χ1n) is 6.40. The number of methoxy groups -OCH3 is 1. The second-order valence-electron chi connectivity index (χ2n) is 5.37. The molecule has 3 N–H and O–H groups in total. The molecular formula is C13H26N2O2S. The summed E-state index contributed by atoms with van der Waals surface area (Å²) >= 11 is 4.93. The summed E-state index contributed by atoms with van der Waals surface area (Å²) in [5.74, 6) is -0.405. The number of hydrogen-bond acceptors (Lipinski definition) is 3. The quantitative estimate of drug-likeness (QED) is 0.630. The van der Waals surface area contributed by atoms with Crippen LogP contribution >= 0.6 is 12.2 Å². The Kier molecular flexibility index (Phi) is 8.11. The van der Waals surface area contributed by atoms with E-state index in [1.54, 1.807) is 7.11 Å². The maximum atomic E-state index is 12.0. The average molecular weight is 274 g/mol. The molecular weight excluding hydrogens is 248 g/mol. The number of ether oxygens (including phenoxy) is 1. The molecule has 0 aliphatic carbocycles. The molecule has 18 heavy (non-hydrogen) atoms. The predicted molar refractivity (Wildman–Crippen MR) is 78.5 cm³/mol. The van der Waals surface area contributed by atoms with Gasteiger partial charge in [-0.15, -0.1) is 0 Å². The topological polar surface area (TPSA) is 64.3 Å². The molecule has 1 atom stereocenters. The van der Waals surface area contributed by atoms with E-state index in [-0.39, 0.29) is 22.2 Å². The van der Waals surface area contributed by atoms with Crippen LogP contribution in [0.5, 0.6) is 0 Å². The molecule has 0 aliphatic heterocycles. The van der Waals surface area contributed by atoms with E-state index in [0.717, 1.165) is 12.8 Å². The van der Waals surface area contributed by atoms with Crippen molar-refractivity contribution < 1.29 is 9.53 Å². The van der Waals surface area contributed by atoms with Gasteiger partial charge in [0, 0.05) is 20.3 Å². The van der Waals surface area contributed by atoms with Crippen LogP contribution in [-0.4, -0.2) is 31.2 Å². The molecule has 0 saturated heterocycles. The summed E-state index contributed by atoms with van der Waals surface area (Å²) in [4.78, 5) is 12.3. The molecule has 106 valence electrons. The van der Waals surface area contributed by atoms with E-state index in [2.05, 4.69) is 19.2 Å². The van der Waals surface area contributed by atoms with Crippen molar-refractivity contribution in [1.29, 1.82) is 0 Å². The summed E-state index contributed by atoms with van der Waals surface area (Å²) in [5.41, 5.74) is 5.61. The number of thiocarbonyl (C=S) groups is 1. The van der Waals surface area contributed by atoms with E-state index in [0.29, 0.717) is 19.6 Å². The highest BCUT2D eigenvalue weighted by Gasteiger charge is 2.23. The molecule has 0 fully saturated rings. The largest absolute Gasteiger partial charge is 0.393 e. The number of amides is 1. The van der Waals surface area contributed by atoms with Crippen LogP contribution < -0.4 is 11.1 Å². The molecule has 4 nitrogen and oxygen atoms in total. The van der Waals surface area contributed by atoms with Crippen molar-refractivity contribution in [3.63, 3.8) is 0 Å². The monoisotopic (exact) mass is 274 g/mol. The van der Waals surface area contributed by atoms with Gasteiger partial charge in [0.15, 0.2) is 0 Å². The van der Waals surface area contributed by atoms with Crippen LogP contribution in [0.3, 0.4) is 0 Å². The van der Waals surface area contributed by atoms with Crippen LogP contribution in [-0.2, 0) is 9.53 Å². The van der Waals surface area contributed by atoms with Gasteiger partial charge in [-0.05, 0) is 18.3 Å². The Hall–Kier alpha value is -0.680. The van der Waals surface area contributed by atoms with Gasteiger partial charge in [-0.2, -0.15) is 0 Å². The van der Waals surface area contributed by atoms with Crippen LogP contribution in [0.15, 0.2) is 0 Å². The summed E-state index contributed by atoms with van der Waals surface area (Å²) < 4.78 is 5.06. The van der Waals surface area contributed by atoms with E-state index in [1.165, 1.54) is 0 Å². The second kappa shape index (κ2) is 8.43. The third kappa shape index (κ3) is 6.91. The Morgan fingerprint density at radius 1 is 1.50 bits per heavy atom. The maximum absolute atomic E-state index is 12.0. The van der Waals surface area contributed by atoms with E-state index in [9.17, 15) is 4.79 Å². The fourth-order valence-corrected chi connectivity index (χ4v) is 1.83. The Balaban J connectivity index is 4.25. The van der Waals surface area contributed by atoms with Gasteiger partial charge >= 0.3 is 0 Å². The van der Waals surface area contributed by atoms with Crippen LogP contribution in [0.25, 0.3) is 0 Å². The highest BCUT2D eigenvalue weighted by atomic mass is 32.1. The van der Waals surface area contributed by atoms with Crippen molar-refractivity contribution in [1.82, 2.24) is 5.32 Å². The minimum absolute atomic E-state index is 0.0126. The minimum Gasteiger partial charge on any atom is -0.393 e. The lowest BCUT2D eigenvalue weighted by Crippen LogP contribution is -2.42. The lowest BCUT2D eigenvalue weighted by atomic mass is 9.89. The number of rotatable bonds is 9. The van der Waals surface area contributed by atoms with Crippen LogP contribution in [0.4, 0.5) is 0 Å². The Bertz CT molecular complexity index is 280. The molecule has 0 heterocycles. The zero-order valence-electron chi connectivity index (χ0n) is 11.9. The molecule has 0 bridgehead atoms. The highest BCUT2D eigenvalue weighted by molar-refractivity contribution is 7.80. The van der Waals surface area contributed by atoms with Gasteiger partial charge in [-0.25, -0.2) is 0 Å². The standard InChI is InChI=1S/C13H26N2O2S/c1-5-6-10(11(14)18)12(16)15-9-13(2,3)7-8-17-4/h10H,5-9H2,1-4H3,(H2,14,18)(H,15,16). The molecule has 1 amide bonds. The van der Waals surface area contributed by atoms with E-state index >= 15 is 0 Å². The molecule has 0 radical (unpaired) electrons. The summed E-state index contributed by atoms with van der Waals surface area (Å²) in [6.45, 7) is 7.51. The number of nitrogens with one attached hydrogen (secondary N) is 1. The Morgan fingerprint density at radius 2 is 2.11 bits per heavy atom. The van der Waals surface area contributed by atoms with E-state index in [1.807, 2.05) is 6.92 Å². The van der Waals surface area contributed by atoms with Gasteiger partial charge < -0.3 is 15.8 Å². The molecule has 0 spiro atoms. The third-order valence-electron chi connectivity index (χ3n) is 2.96. The third-order valence-corrected chi connectivity index (χ3v) is 3.25. The van der Waals surface area contributed by atoms with Crippen LogP contribution in [0.1, 0.15) is 40.0 Å². The zero-order valence-corrected chi connectivity index (χ0v) is 12.7. The van der Waals surface area contributed by atoms with Gasteiger partial charge in [0.2, 0.25) is 5.91 Å². The maximum Gasteiger partial charge on any atom is 0.229 e. The molecule has 1 unspecified atom stereocenters. The lowest BCUT2D eigenvalue weighted by molar-refractivity contribution is -0.123. The van der Waals surface area contributed by atoms with Crippen molar-refractivity contribution in [3.8, 4) is 0 Å². The fraction of sp³-hybridized carbons (Fsp3) is 0.846. The first-order valence-corrected chi connectivity index (χ1v) is 6.81. The summed E-state index contributed by atoms with van der Waals surface area (Å²) in [6.07, 6.45) is 2.50. The van der Waals surface area contributed by atoms with E-state index in [4.69, 9.17) is 22.7 Å². The van der Waals surface area contributed by atoms with Crippen molar-refractivity contribution in [2.75, 3.05) is 20.3 Å². The van der Waals surface area contributed by atoms with Crippen LogP contribution in [0.2, 0.25) is 0 Å². The van der Waals surface area contributed by atoms with Crippen molar-refractivity contribution in [2.45, 2.75) is 40.0 Å². The molecule has 0 aromatic rings. The summed E-state index contributed by atoms with van der Waals surface area (Å²) in [5, 5.41) is 2.94. The lowest BCUT2D eigenvalue weighted by Gasteiger charge is -2.26. The van der Waals surface area contributed by atoms with Gasteiger partial charge in [-0.1, -0.05) is 39.4 Å². The van der Waals surface area contributed by atoms with Gasteiger partial charge in [-0.3, -0.25) is 4.79 Å². The van der Waals surface area contributed by atoms with Crippen molar-refractivity contribution >= 4 is 23.1 Å². The molecule has 0 aliphatic rings. The van der Waals surface area contributed by atoms with Gasteiger partial charge in [0.05, 0.1) is 10.9 Å². The smallest absolute Gasteiger partial charge is 0.229 e. The van der Waals surface area contributed by atoms with Crippen molar-refractivity contribution in [3.05, 3.63) is 0 Å². The normalized spacial score (nSPS) is 13.1. The van der Waals surface area contributed by atoms with Gasteiger partial charge in [0.25, 0.3) is 0 Å². The molecule has 0 saturated carbocycles. The summed E-state index contributed by atoms with van der Waals surface area (Å²) in [6, 6.07) is 0. The number of hydrogen-bond donors (Lipinski definition) is 2. The molecule has 5 heteroatoms. The molecule has 0 aromatic carbocycles. The highest BCUT2D eigenvalue weighted by Crippen LogP contribution is 2.19. The first kappa shape index (κ1) is 17.3. The SMILES string of the molecule is CCCC(C(=O)NCC(C)(C)CCOC)C(N)=S. The Morgan fingerprint density at radius 3 is 2.56 bits per heavy atom. The average Bonchev–Trinajstić information content (AvgIpc) is 2.30. The summed E-state index contributed by atoms with van der Waals surface area (Å²) in [7, 11) is 1.68. The predicted octanol–water partition coefficient (Wildman–Crippen LogP) is 1.87. The first-order chi connectivity index (χ1) is 8.34. The van der Waals surface area contributed by atoms with Crippen molar-refractivity contribution in [2.24, 2.45) is 17.1 Å². The number of nitrogens with two attached hydrogens (primary N) is 1. The van der Waals surface area contributed by atoms with Crippen LogP contribution in [0, 0.1) is 11.3 Å².